The van der Waals surface area contributed by atoms with Crippen LogP contribution in [0.2, 0.25) is 0 Å². The molecule has 26 heavy (non-hydrogen) atoms. The van der Waals surface area contributed by atoms with Crippen LogP contribution in [0.25, 0.3) is 0 Å². The van der Waals surface area contributed by atoms with E-state index in [1.54, 1.807) is 54.9 Å². The van der Waals surface area contributed by atoms with Gasteiger partial charge in [-0.3, -0.25) is 14.6 Å². The number of anilines is 2. The van der Waals surface area contributed by atoms with Crippen LogP contribution in [0.5, 0.6) is 0 Å². The van der Waals surface area contributed by atoms with Gasteiger partial charge in [0.05, 0.1) is 0 Å². The van der Waals surface area contributed by atoms with Crippen molar-refractivity contribution in [2.24, 2.45) is 0 Å². The van der Waals surface area contributed by atoms with Gasteiger partial charge in [0.2, 0.25) is 0 Å². The molecule has 1 aromatic heterocycles. The second-order valence-electron chi connectivity index (χ2n) is 5.35. The molecule has 3 aromatic rings. The lowest BCUT2D eigenvalue weighted by Gasteiger charge is -2.09. The molecule has 2 aromatic carbocycles. The molecule has 1 heterocycles. The van der Waals surface area contributed by atoms with Crippen molar-refractivity contribution in [1.82, 2.24) is 4.98 Å². The average molecular weight is 461 g/mol. The second-order valence-corrected chi connectivity index (χ2v) is 6.52. The van der Waals surface area contributed by atoms with E-state index in [1.807, 2.05) is 22.6 Å². The number of hydrogen-bond donors (Lipinski definition) is 2. The van der Waals surface area contributed by atoms with Gasteiger partial charge in [0.1, 0.15) is 5.82 Å². The van der Waals surface area contributed by atoms with Crippen molar-refractivity contribution >= 4 is 45.8 Å². The number of hydrogen-bond acceptors (Lipinski definition) is 3. The lowest BCUT2D eigenvalue weighted by molar-refractivity contribution is 0.101. The molecule has 0 bridgehead atoms. The average Bonchev–Trinajstić information content (AvgIpc) is 2.65. The van der Waals surface area contributed by atoms with E-state index >= 15 is 0 Å². The Balaban J connectivity index is 1.73. The first-order valence-corrected chi connectivity index (χ1v) is 8.68. The third-order valence-electron chi connectivity index (χ3n) is 3.50. The first-order valence-electron chi connectivity index (χ1n) is 7.61. The molecule has 0 aliphatic rings. The van der Waals surface area contributed by atoms with Gasteiger partial charge in [0.15, 0.2) is 0 Å². The van der Waals surface area contributed by atoms with E-state index < -0.39 is 11.7 Å². The molecule has 5 nitrogen and oxygen atoms in total. The smallest absolute Gasteiger partial charge is 0.255 e. The molecule has 0 fully saturated rings. The highest BCUT2D eigenvalue weighted by atomic mass is 127. The summed E-state index contributed by atoms with van der Waals surface area (Å²) in [4.78, 5) is 28.5. The number of benzene rings is 2. The highest BCUT2D eigenvalue weighted by Crippen LogP contribution is 2.16. The van der Waals surface area contributed by atoms with E-state index in [9.17, 15) is 14.0 Å². The monoisotopic (exact) mass is 461 g/mol. The number of amides is 2. The molecule has 0 radical (unpaired) electrons. The fourth-order valence-corrected chi connectivity index (χ4v) is 2.55. The molecule has 0 aliphatic carbocycles. The number of halogens is 2. The highest BCUT2D eigenvalue weighted by Gasteiger charge is 2.11. The number of carbonyl (C=O) groups excluding carboxylic acids is 2. The van der Waals surface area contributed by atoms with Crippen molar-refractivity contribution in [2.75, 3.05) is 10.6 Å². The van der Waals surface area contributed by atoms with Crippen LogP contribution < -0.4 is 10.6 Å². The largest absolute Gasteiger partial charge is 0.322 e. The van der Waals surface area contributed by atoms with Gasteiger partial charge in [0, 0.05) is 38.5 Å². The second kappa shape index (κ2) is 8.05. The molecular weight excluding hydrogens is 448 g/mol. The first kappa shape index (κ1) is 18.0. The van der Waals surface area contributed by atoms with Crippen LogP contribution in [0.15, 0.2) is 67.0 Å². The van der Waals surface area contributed by atoms with Crippen molar-refractivity contribution in [3.05, 3.63) is 87.5 Å². The van der Waals surface area contributed by atoms with E-state index in [4.69, 9.17) is 0 Å². The predicted octanol–water partition coefficient (Wildman–Crippen LogP) is 4.33. The number of rotatable bonds is 4. The fourth-order valence-electron chi connectivity index (χ4n) is 2.22. The van der Waals surface area contributed by atoms with E-state index in [0.29, 0.717) is 20.5 Å². The summed E-state index contributed by atoms with van der Waals surface area (Å²) in [6.07, 6.45) is 3.15. The Hall–Kier alpha value is -2.81. The minimum atomic E-state index is -0.455. The summed E-state index contributed by atoms with van der Waals surface area (Å²) in [5, 5.41) is 5.41. The quantitative estimate of drug-likeness (QED) is 0.569. The maximum Gasteiger partial charge on any atom is 0.255 e. The fraction of sp³-hybridized carbons (Fsp3) is 0. The van der Waals surface area contributed by atoms with Crippen LogP contribution in [0.1, 0.15) is 20.7 Å². The highest BCUT2D eigenvalue weighted by molar-refractivity contribution is 14.1. The van der Waals surface area contributed by atoms with Crippen molar-refractivity contribution < 1.29 is 14.0 Å². The van der Waals surface area contributed by atoms with Crippen LogP contribution in [0.3, 0.4) is 0 Å². The van der Waals surface area contributed by atoms with Crippen molar-refractivity contribution in [1.29, 1.82) is 0 Å². The van der Waals surface area contributed by atoms with Gasteiger partial charge in [-0.15, -0.1) is 0 Å². The lowest BCUT2D eigenvalue weighted by Crippen LogP contribution is -2.15. The van der Waals surface area contributed by atoms with Crippen molar-refractivity contribution in [3.63, 3.8) is 0 Å². The Bertz CT molecular complexity index is 964. The summed E-state index contributed by atoms with van der Waals surface area (Å²) in [5.74, 6) is -1.22. The normalized spacial score (nSPS) is 10.2. The standard InChI is InChI=1S/C19H13FIN3O2/c20-16-11-13(4-5-17(16)21)19(26)24-15-3-1-2-12(10-15)18(25)23-14-6-8-22-9-7-14/h1-11H,(H,24,26)(H,22,23,25). The Labute approximate surface area is 162 Å². The molecule has 130 valence electrons. The zero-order chi connectivity index (χ0) is 18.5. The van der Waals surface area contributed by atoms with E-state index in [0.717, 1.165) is 0 Å². The minimum absolute atomic E-state index is 0.203. The van der Waals surface area contributed by atoms with Crippen molar-refractivity contribution in [3.8, 4) is 0 Å². The van der Waals surface area contributed by atoms with Crippen LogP contribution in [-0.4, -0.2) is 16.8 Å². The zero-order valence-corrected chi connectivity index (χ0v) is 15.5. The van der Waals surface area contributed by atoms with Gasteiger partial charge in [-0.2, -0.15) is 0 Å². The van der Waals surface area contributed by atoms with Crippen LogP contribution in [0.4, 0.5) is 15.8 Å². The summed E-state index contributed by atoms with van der Waals surface area (Å²) < 4.78 is 14.0. The van der Waals surface area contributed by atoms with Gasteiger partial charge >= 0.3 is 0 Å². The molecule has 2 N–H and O–H groups in total. The third-order valence-corrected chi connectivity index (χ3v) is 4.38. The molecule has 7 heteroatoms. The minimum Gasteiger partial charge on any atom is -0.322 e. The summed E-state index contributed by atoms with van der Waals surface area (Å²) in [7, 11) is 0. The van der Waals surface area contributed by atoms with Gasteiger partial charge < -0.3 is 10.6 Å². The number of carbonyl (C=O) groups is 2. The SMILES string of the molecule is O=C(Nc1ccncc1)c1cccc(NC(=O)c2ccc(I)c(F)c2)c1. The number of nitrogens with zero attached hydrogens (tertiary/aromatic N) is 1. The molecule has 0 spiro atoms. The maximum atomic E-state index is 13.6. The summed E-state index contributed by atoms with van der Waals surface area (Å²) in [6, 6.07) is 14.1. The predicted molar refractivity (Wildman–Crippen MR) is 106 cm³/mol. The molecule has 0 saturated carbocycles. The van der Waals surface area contributed by atoms with Gasteiger partial charge in [-0.25, -0.2) is 4.39 Å². The summed E-state index contributed by atoms with van der Waals surface area (Å²) >= 11 is 1.85. The number of aromatic nitrogens is 1. The van der Waals surface area contributed by atoms with Crippen LogP contribution in [0, 0.1) is 9.39 Å². The topological polar surface area (TPSA) is 71.1 Å². The number of pyridine rings is 1. The third kappa shape index (κ3) is 4.42. The van der Waals surface area contributed by atoms with Crippen LogP contribution >= 0.6 is 22.6 Å². The molecule has 3 rings (SSSR count). The summed E-state index contributed by atoms with van der Waals surface area (Å²) in [6.45, 7) is 0. The molecule has 0 unspecified atom stereocenters. The van der Waals surface area contributed by atoms with E-state index in [2.05, 4.69) is 15.6 Å². The van der Waals surface area contributed by atoms with Gasteiger partial charge in [-0.1, -0.05) is 6.07 Å². The molecule has 0 aliphatic heterocycles. The lowest BCUT2D eigenvalue weighted by atomic mass is 10.1. The first-order chi connectivity index (χ1) is 12.5. The Morgan fingerprint density at radius 2 is 1.50 bits per heavy atom. The molecule has 0 saturated heterocycles. The van der Waals surface area contributed by atoms with Crippen molar-refractivity contribution in [2.45, 2.75) is 0 Å². The Morgan fingerprint density at radius 3 is 2.19 bits per heavy atom. The molecule has 2 amide bonds. The van der Waals surface area contributed by atoms with E-state index in [1.165, 1.54) is 12.1 Å². The van der Waals surface area contributed by atoms with Crippen LogP contribution in [-0.2, 0) is 0 Å². The van der Waals surface area contributed by atoms with Gasteiger partial charge in [0.25, 0.3) is 11.8 Å². The summed E-state index contributed by atoms with van der Waals surface area (Å²) in [5.41, 5.74) is 1.65. The zero-order valence-electron chi connectivity index (χ0n) is 13.4. The van der Waals surface area contributed by atoms with Gasteiger partial charge in [-0.05, 0) is 71.1 Å². The molecule has 0 atom stereocenters. The number of nitrogens with one attached hydrogen (secondary N) is 2. The Morgan fingerprint density at radius 1 is 0.846 bits per heavy atom. The Kier molecular flexibility index (Phi) is 5.57. The van der Waals surface area contributed by atoms with E-state index in [-0.39, 0.29) is 11.5 Å². The molecular formula is C19H13FIN3O2. The maximum absolute atomic E-state index is 13.6.